The van der Waals surface area contributed by atoms with E-state index in [1.807, 2.05) is 12.1 Å². The number of hydrogen-bond donors (Lipinski definition) is 1. The Bertz CT molecular complexity index is 531. The molecule has 2 aromatic rings. The van der Waals surface area contributed by atoms with Crippen LogP contribution in [0.2, 0.25) is 0 Å². The molecule has 1 saturated carbocycles. The van der Waals surface area contributed by atoms with Crippen molar-refractivity contribution in [2.24, 2.45) is 0 Å². The minimum atomic E-state index is 0.664. The third-order valence-corrected chi connectivity index (χ3v) is 3.23. The van der Waals surface area contributed by atoms with Crippen LogP contribution in [-0.2, 0) is 13.0 Å². The normalized spacial score (nSPS) is 14.9. The Morgan fingerprint density at radius 2 is 2.00 bits per heavy atom. The first-order valence-corrected chi connectivity index (χ1v) is 6.40. The molecular formula is C14H17N3O. The van der Waals surface area contributed by atoms with Gasteiger partial charge in [-0.15, -0.1) is 10.2 Å². The van der Waals surface area contributed by atoms with Gasteiger partial charge in [0.05, 0.1) is 13.0 Å². The molecule has 1 aromatic carbocycles. The van der Waals surface area contributed by atoms with Crippen LogP contribution in [0.1, 0.15) is 35.7 Å². The first-order chi connectivity index (χ1) is 8.81. The predicted molar refractivity (Wildman–Crippen MR) is 68.1 cm³/mol. The van der Waals surface area contributed by atoms with E-state index in [0.717, 1.165) is 0 Å². The maximum Gasteiger partial charge on any atom is 0.230 e. The molecule has 94 valence electrons. The summed E-state index contributed by atoms with van der Waals surface area (Å²) in [5.41, 5.74) is 2.50. The minimum absolute atomic E-state index is 0.664. The van der Waals surface area contributed by atoms with Crippen LogP contribution >= 0.6 is 0 Å². The minimum Gasteiger partial charge on any atom is -0.424 e. The van der Waals surface area contributed by atoms with Crippen molar-refractivity contribution in [3.63, 3.8) is 0 Å². The Balaban J connectivity index is 1.63. The Kier molecular flexibility index (Phi) is 3.11. The summed E-state index contributed by atoms with van der Waals surface area (Å²) in [6.45, 7) is 2.78. The van der Waals surface area contributed by atoms with Gasteiger partial charge >= 0.3 is 0 Å². The van der Waals surface area contributed by atoms with Gasteiger partial charge in [0.2, 0.25) is 11.8 Å². The fraction of sp³-hybridized carbons (Fsp3) is 0.429. The fourth-order valence-corrected chi connectivity index (χ4v) is 1.92. The van der Waals surface area contributed by atoms with Crippen molar-refractivity contribution in [1.29, 1.82) is 0 Å². The molecule has 0 atom stereocenters. The second kappa shape index (κ2) is 4.90. The second-order valence-electron chi connectivity index (χ2n) is 4.85. The van der Waals surface area contributed by atoms with Crippen LogP contribution in [0.4, 0.5) is 0 Å². The summed E-state index contributed by atoms with van der Waals surface area (Å²) in [4.78, 5) is 0. The molecule has 1 aliphatic rings. The first kappa shape index (κ1) is 11.4. The van der Waals surface area contributed by atoms with Crippen molar-refractivity contribution in [2.45, 2.75) is 38.8 Å². The Morgan fingerprint density at radius 3 is 2.78 bits per heavy atom. The number of aromatic nitrogens is 2. The average Bonchev–Trinajstić information content (AvgIpc) is 3.10. The lowest BCUT2D eigenvalue weighted by atomic mass is 10.1. The van der Waals surface area contributed by atoms with E-state index in [4.69, 9.17) is 4.42 Å². The number of nitrogens with zero attached hydrogens (tertiary/aromatic N) is 2. The third-order valence-electron chi connectivity index (χ3n) is 3.23. The van der Waals surface area contributed by atoms with E-state index in [-0.39, 0.29) is 0 Å². The second-order valence-corrected chi connectivity index (χ2v) is 4.85. The highest BCUT2D eigenvalue weighted by Gasteiger charge is 2.21. The standard InChI is InChI=1S/C14H17N3O/c1-10-4-2-3-5-11(10)8-13-16-17-14(18-13)9-15-12-6-7-12/h2-5,12,15H,6-9H2,1H3. The van der Waals surface area contributed by atoms with Crippen LogP contribution < -0.4 is 5.32 Å². The van der Waals surface area contributed by atoms with Gasteiger partial charge in [0.25, 0.3) is 0 Å². The molecule has 3 rings (SSSR count). The molecule has 4 heteroatoms. The van der Waals surface area contributed by atoms with Crippen molar-refractivity contribution >= 4 is 0 Å². The number of benzene rings is 1. The van der Waals surface area contributed by atoms with Crippen molar-refractivity contribution in [2.75, 3.05) is 0 Å². The summed E-state index contributed by atoms with van der Waals surface area (Å²) in [5, 5.41) is 11.5. The molecule has 1 heterocycles. The van der Waals surface area contributed by atoms with Gasteiger partial charge in [-0.2, -0.15) is 0 Å². The van der Waals surface area contributed by atoms with E-state index in [2.05, 4.69) is 34.6 Å². The van der Waals surface area contributed by atoms with Crippen LogP contribution in [0.25, 0.3) is 0 Å². The molecule has 0 bridgehead atoms. The molecule has 1 aliphatic carbocycles. The Morgan fingerprint density at radius 1 is 1.22 bits per heavy atom. The smallest absolute Gasteiger partial charge is 0.230 e. The molecule has 1 aromatic heterocycles. The van der Waals surface area contributed by atoms with Gasteiger partial charge in [-0.05, 0) is 30.9 Å². The van der Waals surface area contributed by atoms with Crippen LogP contribution in [0.15, 0.2) is 28.7 Å². The quantitative estimate of drug-likeness (QED) is 0.874. The molecule has 1 N–H and O–H groups in total. The van der Waals surface area contributed by atoms with E-state index in [9.17, 15) is 0 Å². The topological polar surface area (TPSA) is 51.0 Å². The summed E-state index contributed by atoms with van der Waals surface area (Å²) < 4.78 is 5.64. The highest BCUT2D eigenvalue weighted by atomic mass is 16.4. The van der Waals surface area contributed by atoms with E-state index in [1.165, 1.54) is 24.0 Å². The van der Waals surface area contributed by atoms with Gasteiger partial charge in [-0.1, -0.05) is 24.3 Å². The SMILES string of the molecule is Cc1ccccc1Cc1nnc(CNC2CC2)o1. The molecule has 0 amide bonds. The largest absolute Gasteiger partial charge is 0.424 e. The van der Waals surface area contributed by atoms with Gasteiger partial charge in [0, 0.05) is 6.04 Å². The summed E-state index contributed by atoms with van der Waals surface area (Å²) in [6.07, 6.45) is 3.25. The van der Waals surface area contributed by atoms with Gasteiger partial charge < -0.3 is 9.73 Å². The van der Waals surface area contributed by atoms with Crippen LogP contribution in [0.5, 0.6) is 0 Å². The molecule has 18 heavy (non-hydrogen) atoms. The monoisotopic (exact) mass is 243 g/mol. The predicted octanol–water partition coefficient (Wildman–Crippen LogP) is 2.22. The van der Waals surface area contributed by atoms with Crippen molar-refractivity contribution < 1.29 is 4.42 Å². The summed E-state index contributed by atoms with van der Waals surface area (Å²) >= 11 is 0. The number of hydrogen-bond acceptors (Lipinski definition) is 4. The number of aryl methyl sites for hydroxylation is 1. The lowest BCUT2D eigenvalue weighted by Gasteiger charge is -2.01. The van der Waals surface area contributed by atoms with Gasteiger partial charge in [0.1, 0.15) is 0 Å². The molecule has 4 nitrogen and oxygen atoms in total. The lowest BCUT2D eigenvalue weighted by molar-refractivity contribution is 0.438. The van der Waals surface area contributed by atoms with Crippen LogP contribution in [0.3, 0.4) is 0 Å². The Hall–Kier alpha value is -1.68. The number of rotatable bonds is 5. The van der Waals surface area contributed by atoms with Gasteiger partial charge in [-0.3, -0.25) is 0 Å². The van der Waals surface area contributed by atoms with Crippen molar-refractivity contribution in [3.8, 4) is 0 Å². The zero-order valence-corrected chi connectivity index (χ0v) is 10.5. The first-order valence-electron chi connectivity index (χ1n) is 6.40. The molecule has 0 saturated heterocycles. The zero-order chi connectivity index (χ0) is 12.4. The number of nitrogens with one attached hydrogen (secondary N) is 1. The van der Waals surface area contributed by atoms with Crippen molar-refractivity contribution in [3.05, 3.63) is 47.2 Å². The molecule has 1 fully saturated rings. The average molecular weight is 243 g/mol. The summed E-state index contributed by atoms with van der Waals surface area (Å²) in [5.74, 6) is 1.38. The maximum atomic E-state index is 5.64. The van der Waals surface area contributed by atoms with E-state index in [0.29, 0.717) is 30.8 Å². The van der Waals surface area contributed by atoms with E-state index < -0.39 is 0 Å². The van der Waals surface area contributed by atoms with Crippen molar-refractivity contribution in [1.82, 2.24) is 15.5 Å². The summed E-state index contributed by atoms with van der Waals surface area (Å²) in [7, 11) is 0. The highest BCUT2D eigenvalue weighted by molar-refractivity contribution is 5.27. The molecular weight excluding hydrogens is 226 g/mol. The van der Waals surface area contributed by atoms with E-state index in [1.54, 1.807) is 0 Å². The zero-order valence-electron chi connectivity index (χ0n) is 10.5. The third kappa shape index (κ3) is 2.76. The Labute approximate surface area is 106 Å². The molecule has 0 aliphatic heterocycles. The van der Waals surface area contributed by atoms with Gasteiger partial charge in [-0.25, -0.2) is 0 Å². The molecule has 0 radical (unpaired) electrons. The maximum absolute atomic E-state index is 5.64. The highest BCUT2D eigenvalue weighted by Crippen LogP contribution is 2.19. The van der Waals surface area contributed by atoms with Crippen LogP contribution in [0, 0.1) is 6.92 Å². The van der Waals surface area contributed by atoms with Crippen LogP contribution in [-0.4, -0.2) is 16.2 Å². The molecule has 0 spiro atoms. The van der Waals surface area contributed by atoms with E-state index >= 15 is 0 Å². The molecule has 0 unspecified atom stereocenters. The summed E-state index contributed by atoms with van der Waals surface area (Å²) in [6, 6.07) is 8.94. The fourth-order valence-electron chi connectivity index (χ4n) is 1.92. The lowest BCUT2D eigenvalue weighted by Crippen LogP contribution is -2.15. The van der Waals surface area contributed by atoms with Gasteiger partial charge in [0.15, 0.2) is 0 Å².